The van der Waals surface area contributed by atoms with E-state index in [9.17, 15) is 0 Å². The second kappa shape index (κ2) is 54.1. The third-order valence-corrected chi connectivity index (χ3v) is 0. The van der Waals surface area contributed by atoms with Crippen LogP contribution in [0.2, 0.25) is 0 Å². The van der Waals surface area contributed by atoms with Gasteiger partial charge in [-0.15, -0.1) is 0 Å². The maximum Gasteiger partial charge on any atom is 0.0579 e. The number of hydrogen-bond donors (Lipinski definition) is 2. The predicted molar refractivity (Wildman–Crippen MR) is 16.1 cm³/mol. The van der Waals surface area contributed by atoms with Gasteiger partial charge < -0.3 is 0 Å². The first-order valence-electron chi connectivity index (χ1n) is 0.338. The molecule has 0 atom stereocenters. The van der Waals surface area contributed by atoms with Gasteiger partial charge in [-0.3, -0.25) is 9.32 Å². The average molecular weight is 196 g/mol. The molecular formula is H2Cl2O2Zr. The summed E-state index contributed by atoms with van der Waals surface area (Å²) in [6.07, 6.45) is 0. The maximum absolute atomic E-state index is 6.47. The second-order valence-corrected chi connectivity index (χ2v) is 0. The van der Waals surface area contributed by atoms with E-state index in [1.54, 1.807) is 0 Å². The van der Waals surface area contributed by atoms with Crippen LogP contribution >= 0.6 is 23.7 Å². The Morgan fingerprint density at radius 3 is 0.800 bits per heavy atom. The fourth-order valence-corrected chi connectivity index (χ4v) is 0. The van der Waals surface area contributed by atoms with Gasteiger partial charge in [0.15, 0.2) is 0 Å². The Hall–Kier alpha value is 1.38. The molecule has 0 aliphatic rings. The normalized spacial score (nSPS) is 2.40. The smallest absolute Gasteiger partial charge is 0.0579 e. The van der Waals surface area contributed by atoms with Gasteiger partial charge in [-0.25, -0.2) is 0 Å². The van der Waals surface area contributed by atoms with E-state index in [1.807, 2.05) is 0 Å². The van der Waals surface area contributed by atoms with E-state index < -0.39 is 0 Å². The third-order valence-electron chi connectivity index (χ3n) is 0. The van der Waals surface area contributed by atoms with Gasteiger partial charge in [0.05, 0.1) is 23.7 Å². The molecule has 0 rings (SSSR count). The van der Waals surface area contributed by atoms with Crippen LogP contribution in [0, 0.1) is 0 Å². The summed E-state index contributed by atoms with van der Waals surface area (Å²) in [5.41, 5.74) is 0. The molecular weight excluding hydrogens is 194 g/mol. The molecule has 0 unspecified atom stereocenters. The van der Waals surface area contributed by atoms with Gasteiger partial charge in [-0.1, -0.05) is 0 Å². The fraction of sp³-hybridized carbons (Fsp3) is 0. The number of rotatable bonds is 0. The summed E-state index contributed by atoms with van der Waals surface area (Å²) >= 11 is 7.28. The van der Waals surface area contributed by atoms with Crippen molar-refractivity contribution in [1.29, 1.82) is 0 Å². The van der Waals surface area contributed by atoms with Gasteiger partial charge in [0.25, 0.3) is 0 Å². The van der Waals surface area contributed by atoms with E-state index in [4.69, 9.17) is 9.32 Å². The number of hydrogen-bond acceptors (Lipinski definition) is 2. The summed E-state index contributed by atoms with van der Waals surface area (Å²) in [6.45, 7) is 0. The minimum Gasteiger partial charge on any atom is -0.295 e. The molecule has 0 fully saturated rings. The maximum atomic E-state index is 6.47. The summed E-state index contributed by atoms with van der Waals surface area (Å²) in [5, 5.41) is 0. The van der Waals surface area contributed by atoms with Crippen LogP contribution in [0.25, 0.3) is 0 Å². The van der Waals surface area contributed by atoms with Gasteiger partial charge in [-0.05, 0) is 0 Å². The van der Waals surface area contributed by atoms with Crippen LogP contribution in [-0.2, 0) is 26.2 Å². The topological polar surface area (TPSA) is 40.5 Å². The van der Waals surface area contributed by atoms with Gasteiger partial charge >= 0.3 is 0 Å². The zero-order valence-electron chi connectivity index (χ0n) is 2.15. The van der Waals surface area contributed by atoms with Crippen LogP contribution in [0.15, 0.2) is 0 Å². The van der Waals surface area contributed by atoms with Crippen molar-refractivity contribution in [3.63, 3.8) is 0 Å². The minimum absolute atomic E-state index is 0. The van der Waals surface area contributed by atoms with Crippen molar-refractivity contribution in [2.75, 3.05) is 0 Å². The molecule has 0 amide bonds. The predicted octanol–water partition coefficient (Wildman–Crippen LogP) is 0.263. The van der Waals surface area contributed by atoms with Crippen molar-refractivity contribution in [1.82, 2.24) is 0 Å². The monoisotopic (exact) mass is 194 g/mol. The Labute approximate surface area is 59.2 Å². The minimum atomic E-state index is 0. The van der Waals surface area contributed by atoms with Crippen molar-refractivity contribution < 1.29 is 35.5 Å². The first kappa shape index (κ1) is 16.2. The van der Waals surface area contributed by atoms with Gasteiger partial charge in [0.2, 0.25) is 0 Å². The first-order chi connectivity index (χ1) is 2.00. The fourth-order valence-electron chi connectivity index (χ4n) is 0. The van der Waals surface area contributed by atoms with Crippen molar-refractivity contribution in [3.05, 3.63) is 0 Å². The Kier molecular flexibility index (Phi) is 175. The van der Waals surface area contributed by atoms with Crippen molar-refractivity contribution >= 4 is 23.7 Å². The molecule has 32 valence electrons. The molecule has 0 heterocycles. The largest absolute Gasteiger partial charge is 0.295 e. The van der Waals surface area contributed by atoms with E-state index in [2.05, 4.69) is 23.7 Å². The van der Waals surface area contributed by atoms with Crippen molar-refractivity contribution in [3.8, 4) is 0 Å². The molecule has 0 spiro atoms. The van der Waals surface area contributed by atoms with E-state index in [0.29, 0.717) is 0 Å². The molecule has 0 radical (unpaired) electrons. The second-order valence-electron chi connectivity index (χ2n) is 0. The molecule has 0 aromatic carbocycles. The summed E-state index contributed by atoms with van der Waals surface area (Å²) in [7, 11) is 0. The zero-order chi connectivity index (χ0) is 4.00. The van der Waals surface area contributed by atoms with Crippen molar-refractivity contribution in [2.24, 2.45) is 0 Å². The van der Waals surface area contributed by atoms with Crippen LogP contribution in [0.4, 0.5) is 0 Å². The summed E-state index contributed by atoms with van der Waals surface area (Å²) in [6, 6.07) is 0. The summed E-state index contributed by atoms with van der Waals surface area (Å²) < 4.78 is 12.9. The van der Waals surface area contributed by atoms with Crippen LogP contribution in [-0.4, -0.2) is 9.32 Å². The molecule has 0 bridgehead atoms. The molecule has 5 heteroatoms. The third kappa shape index (κ3) is 32.2. The van der Waals surface area contributed by atoms with Crippen molar-refractivity contribution in [2.45, 2.75) is 0 Å². The van der Waals surface area contributed by atoms with Gasteiger partial charge in [0.1, 0.15) is 0 Å². The molecule has 2 nitrogen and oxygen atoms in total. The molecule has 0 aromatic rings. The molecule has 0 aliphatic heterocycles. The van der Waals surface area contributed by atoms with Crippen LogP contribution in [0.1, 0.15) is 0 Å². The average Bonchev–Trinajstić information content (AvgIpc) is 1.50. The Morgan fingerprint density at radius 1 is 0.800 bits per heavy atom. The number of halogens is 2. The molecule has 0 aromatic heterocycles. The first-order valence-corrected chi connectivity index (χ1v) is 1.01. The molecule has 0 aliphatic carbocycles. The van der Waals surface area contributed by atoms with E-state index in [1.165, 1.54) is 0 Å². The summed E-state index contributed by atoms with van der Waals surface area (Å²) in [5.74, 6) is 0. The van der Waals surface area contributed by atoms with E-state index in [0.717, 1.165) is 0 Å². The molecule has 2 N–H and O–H groups in total. The summed E-state index contributed by atoms with van der Waals surface area (Å²) in [4.78, 5) is 0. The van der Waals surface area contributed by atoms with Gasteiger partial charge in [0, 0.05) is 26.2 Å². The van der Waals surface area contributed by atoms with Crippen LogP contribution in [0.3, 0.4) is 0 Å². The Balaban J connectivity index is -0.0000000133. The molecule has 5 heavy (non-hydrogen) atoms. The van der Waals surface area contributed by atoms with E-state index in [-0.39, 0.29) is 26.2 Å². The van der Waals surface area contributed by atoms with E-state index >= 15 is 0 Å². The zero-order valence-corrected chi connectivity index (χ0v) is 6.12. The molecule has 0 saturated heterocycles. The Morgan fingerprint density at radius 2 is 0.800 bits per heavy atom. The van der Waals surface area contributed by atoms with Crippen LogP contribution < -0.4 is 0 Å². The van der Waals surface area contributed by atoms with Crippen LogP contribution in [0.5, 0.6) is 0 Å². The molecule has 0 saturated carbocycles. The quantitative estimate of drug-likeness (QED) is 0.583. The standard InChI is InChI=1S/2ClHO.Zr/c2*1-2;/h2*2H;. The SMILES string of the molecule is OCl.OCl.[Zr]. The Bertz CT molecular complexity index is 7.61. The van der Waals surface area contributed by atoms with Gasteiger partial charge in [-0.2, -0.15) is 0 Å².